The van der Waals surface area contributed by atoms with Gasteiger partial charge in [0.15, 0.2) is 0 Å². The summed E-state index contributed by atoms with van der Waals surface area (Å²) in [6.07, 6.45) is -4.81. The molecule has 0 bridgehead atoms. The average Bonchev–Trinajstić information content (AvgIpc) is 2.13. The third-order valence-corrected chi connectivity index (χ3v) is 1.69. The Hall–Kier alpha value is -0.780. The summed E-state index contributed by atoms with van der Waals surface area (Å²) >= 11 is 0. The van der Waals surface area contributed by atoms with E-state index in [4.69, 9.17) is 0 Å². The molecule has 0 radical (unpaired) electrons. The first-order valence-electron chi connectivity index (χ1n) is 5.00. The van der Waals surface area contributed by atoms with Gasteiger partial charge in [-0.3, -0.25) is 4.79 Å². The third-order valence-electron chi connectivity index (χ3n) is 1.69. The smallest absolute Gasteiger partial charge is 0.355 e. The first-order valence-corrected chi connectivity index (χ1v) is 5.00. The van der Waals surface area contributed by atoms with Crippen LogP contribution in [0.5, 0.6) is 0 Å². The quantitative estimate of drug-likeness (QED) is 0.645. The summed E-state index contributed by atoms with van der Waals surface area (Å²) < 4.78 is 35.1. The van der Waals surface area contributed by atoms with E-state index < -0.39 is 24.9 Å². The van der Waals surface area contributed by atoms with Crippen LogP contribution in [0.25, 0.3) is 0 Å². The first kappa shape index (κ1) is 14.2. The fourth-order valence-corrected chi connectivity index (χ4v) is 0.936. The largest absolute Gasteiger partial charge is 0.389 e. The van der Waals surface area contributed by atoms with Gasteiger partial charge in [0.25, 0.3) is 0 Å². The summed E-state index contributed by atoms with van der Waals surface area (Å²) in [7, 11) is 0. The Morgan fingerprint density at radius 1 is 1.20 bits per heavy atom. The van der Waals surface area contributed by atoms with Crippen LogP contribution >= 0.6 is 0 Å². The molecule has 90 valence electrons. The van der Waals surface area contributed by atoms with Crippen molar-refractivity contribution in [2.24, 2.45) is 0 Å². The number of amides is 1. The van der Waals surface area contributed by atoms with Gasteiger partial charge < -0.3 is 10.6 Å². The SMILES string of the molecule is CCCNCCNC(=O)CCC(F)(F)F. The molecule has 1 amide bonds. The monoisotopic (exact) mass is 226 g/mol. The maximum Gasteiger partial charge on any atom is 0.389 e. The topological polar surface area (TPSA) is 41.1 Å². The number of alkyl halides is 3. The van der Waals surface area contributed by atoms with E-state index in [1.807, 2.05) is 6.92 Å². The van der Waals surface area contributed by atoms with Gasteiger partial charge in [-0.1, -0.05) is 6.92 Å². The van der Waals surface area contributed by atoms with Crippen LogP contribution in [0.3, 0.4) is 0 Å². The van der Waals surface area contributed by atoms with Gasteiger partial charge in [-0.2, -0.15) is 13.2 Å². The van der Waals surface area contributed by atoms with Gasteiger partial charge in [-0.05, 0) is 13.0 Å². The van der Waals surface area contributed by atoms with Crippen LogP contribution in [-0.4, -0.2) is 31.7 Å². The fraction of sp³-hybridized carbons (Fsp3) is 0.889. The maximum atomic E-state index is 11.7. The summed E-state index contributed by atoms with van der Waals surface area (Å²) in [6.45, 7) is 3.82. The van der Waals surface area contributed by atoms with Crippen molar-refractivity contribution >= 4 is 5.91 Å². The van der Waals surface area contributed by atoms with Crippen molar-refractivity contribution in [1.29, 1.82) is 0 Å². The Bertz CT molecular complexity index is 183. The van der Waals surface area contributed by atoms with Crippen molar-refractivity contribution in [1.82, 2.24) is 10.6 Å². The number of halogens is 3. The molecule has 2 N–H and O–H groups in total. The zero-order chi connectivity index (χ0) is 11.7. The lowest BCUT2D eigenvalue weighted by Gasteiger charge is -2.07. The van der Waals surface area contributed by atoms with E-state index in [0.29, 0.717) is 13.1 Å². The molecule has 0 unspecified atom stereocenters. The number of hydrogen-bond acceptors (Lipinski definition) is 2. The van der Waals surface area contributed by atoms with Crippen LogP contribution in [0.15, 0.2) is 0 Å². The standard InChI is InChI=1S/C9H17F3N2O/c1-2-5-13-6-7-14-8(15)3-4-9(10,11)12/h13H,2-7H2,1H3,(H,14,15). The third kappa shape index (κ3) is 11.1. The highest BCUT2D eigenvalue weighted by Crippen LogP contribution is 2.20. The molecule has 0 fully saturated rings. The van der Waals surface area contributed by atoms with E-state index in [0.717, 1.165) is 13.0 Å². The minimum atomic E-state index is -4.25. The predicted octanol–water partition coefficient (Wildman–Crippen LogP) is 1.44. The Kier molecular flexibility index (Phi) is 7.11. The molecule has 0 aromatic carbocycles. The van der Waals surface area contributed by atoms with Gasteiger partial charge >= 0.3 is 6.18 Å². The molecule has 0 saturated carbocycles. The van der Waals surface area contributed by atoms with Gasteiger partial charge in [-0.25, -0.2) is 0 Å². The van der Waals surface area contributed by atoms with Crippen molar-refractivity contribution in [2.75, 3.05) is 19.6 Å². The zero-order valence-corrected chi connectivity index (χ0v) is 8.78. The minimum Gasteiger partial charge on any atom is -0.355 e. The summed E-state index contributed by atoms with van der Waals surface area (Å²) in [4.78, 5) is 10.9. The minimum absolute atomic E-state index is 0.372. The first-order chi connectivity index (χ1) is 6.95. The van der Waals surface area contributed by atoms with Crippen molar-refractivity contribution in [3.05, 3.63) is 0 Å². The van der Waals surface area contributed by atoms with Crippen LogP contribution < -0.4 is 10.6 Å². The molecule has 6 heteroatoms. The van der Waals surface area contributed by atoms with Gasteiger partial charge in [0.2, 0.25) is 5.91 Å². The van der Waals surface area contributed by atoms with Gasteiger partial charge in [0.05, 0.1) is 6.42 Å². The molecule has 3 nitrogen and oxygen atoms in total. The highest BCUT2D eigenvalue weighted by molar-refractivity contribution is 5.75. The molecular formula is C9H17F3N2O. The molecule has 0 aliphatic rings. The summed E-state index contributed by atoms with van der Waals surface area (Å²) in [5.41, 5.74) is 0. The summed E-state index contributed by atoms with van der Waals surface area (Å²) in [5.74, 6) is -0.550. The number of hydrogen-bond donors (Lipinski definition) is 2. The second-order valence-electron chi connectivity index (χ2n) is 3.22. The number of carbonyl (C=O) groups is 1. The Labute approximate surface area is 87.4 Å². The Balaban J connectivity index is 3.34. The molecule has 0 aromatic heterocycles. The Morgan fingerprint density at radius 3 is 2.40 bits per heavy atom. The molecule has 0 heterocycles. The average molecular weight is 226 g/mol. The van der Waals surface area contributed by atoms with Gasteiger partial charge in [-0.15, -0.1) is 0 Å². The van der Waals surface area contributed by atoms with Crippen molar-refractivity contribution in [3.63, 3.8) is 0 Å². The lowest BCUT2D eigenvalue weighted by Crippen LogP contribution is -2.32. The van der Waals surface area contributed by atoms with Gasteiger partial charge in [0, 0.05) is 19.5 Å². The van der Waals surface area contributed by atoms with E-state index in [1.54, 1.807) is 0 Å². The van der Waals surface area contributed by atoms with E-state index in [9.17, 15) is 18.0 Å². The van der Waals surface area contributed by atoms with Crippen LogP contribution in [-0.2, 0) is 4.79 Å². The van der Waals surface area contributed by atoms with Crippen molar-refractivity contribution < 1.29 is 18.0 Å². The second kappa shape index (κ2) is 7.50. The van der Waals surface area contributed by atoms with E-state index in [2.05, 4.69) is 10.6 Å². The molecule has 0 aliphatic heterocycles. The van der Waals surface area contributed by atoms with E-state index in [-0.39, 0.29) is 0 Å². The highest BCUT2D eigenvalue weighted by atomic mass is 19.4. The lowest BCUT2D eigenvalue weighted by molar-refractivity contribution is -0.144. The van der Waals surface area contributed by atoms with E-state index >= 15 is 0 Å². The molecule has 0 atom stereocenters. The lowest BCUT2D eigenvalue weighted by atomic mass is 10.3. The maximum absolute atomic E-state index is 11.7. The normalized spacial score (nSPS) is 11.5. The number of nitrogens with one attached hydrogen (secondary N) is 2. The molecule has 0 spiro atoms. The summed E-state index contributed by atoms with van der Waals surface area (Å²) in [6, 6.07) is 0. The summed E-state index contributed by atoms with van der Waals surface area (Å²) in [5, 5.41) is 5.44. The second-order valence-corrected chi connectivity index (χ2v) is 3.22. The van der Waals surface area contributed by atoms with Crippen LogP contribution in [0, 0.1) is 0 Å². The zero-order valence-electron chi connectivity index (χ0n) is 8.78. The van der Waals surface area contributed by atoms with Crippen molar-refractivity contribution in [3.8, 4) is 0 Å². The Morgan fingerprint density at radius 2 is 1.87 bits per heavy atom. The number of carbonyl (C=O) groups excluding carboxylic acids is 1. The number of rotatable bonds is 7. The molecule has 0 aromatic rings. The van der Waals surface area contributed by atoms with Gasteiger partial charge in [0.1, 0.15) is 0 Å². The van der Waals surface area contributed by atoms with Crippen LogP contribution in [0.2, 0.25) is 0 Å². The van der Waals surface area contributed by atoms with Crippen LogP contribution in [0.4, 0.5) is 13.2 Å². The molecular weight excluding hydrogens is 209 g/mol. The molecule has 0 aliphatic carbocycles. The molecule has 15 heavy (non-hydrogen) atoms. The highest BCUT2D eigenvalue weighted by Gasteiger charge is 2.27. The molecule has 0 rings (SSSR count). The predicted molar refractivity (Wildman–Crippen MR) is 51.5 cm³/mol. The van der Waals surface area contributed by atoms with Crippen LogP contribution in [0.1, 0.15) is 26.2 Å². The molecule has 0 saturated heterocycles. The van der Waals surface area contributed by atoms with Crippen molar-refractivity contribution in [2.45, 2.75) is 32.4 Å². The fourth-order valence-electron chi connectivity index (χ4n) is 0.936. The van der Waals surface area contributed by atoms with E-state index in [1.165, 1.54) is 0 Å².